The fraction of sp³-hybridized carbons (Fsp3) is 0.417. The summed E-state index contributed by atoms with van der Waals surface area (Å²) in [6, 6.07) is -0.407. The molecule has 1 unspecified atom stereocenters. The van der Waals surface area contributed by atoms with E-state index < -0.39 is 50.4 Å². The van der Waals surface area contributed by atoms with Crippen LogP contribution >= 0.6 is 0 Å². The summed E-state index contributed by atoms with van der Waals surface area (Å²) < 4.78 is 76.6. The first-order valence-electron chi connectivity index (χ1n) is 5.98. The molecule has 0 aliphatic carbocycles. The highest BCUT2D eigenvalue weighted by Crippen LogP contribution is 2.32. The van der Waals surface area contributed by atoms with E-state index in [1.807, 2.05) is 0 Å². The summed E-state index contributed by atoms with van der Waals surface area (Å²) in [6.45, 7) is 2.85. The summed E-state index contributed by atoms with van der Waals surface area (Å²) in [5, 5.41) is 8.91. The summed E-state index contributed by atoms with van der Waals surface area (Å²) in [5.41, 5.74) is -1.74. The van der Waals surface area contributed by atoms with Crippen molar-refractivity contribution in [3.05, 3.63) is 29.6 Å². The van der Waals surface area contributed by atoms with Crippen LogP contribution in [0, 0.1) is 11.7 Å². The molecule has 0 aliphatic heterocycles. The third-order valence-electron chi connectivity index (χ3n) is 2.77. The minimum Gasteiger partial charge on any atom is -0.480 e. The van der Waals surface area contributed by atoms with Gasteiger partial charge >= 0.3 is 12.1 Å². The Balaban J connectivity index is 3.27. The van der Waals surface area contributed by atoms with E-state index in [9.17, 15) is 30.8 Å². The van der Waals surface area contributed by atoms with Crippen LogP contribution < -0.4 is 4.72 Å². The van der Waals surface area contributed by atoms with Crippen molar-refractivity contribution in [2.24, 2.45) is 5.92 Å². The third kappa shape index (κ3) is 4.17. The van der Waals surface area contributed by atoms with Crippen LogP contribution in [0.2, 0.25) is 0 Å². The molecule has 0 aromatic heterocycles. The fourth-order valence-corrected chi connectivity index (χ4v) is 2.96. The minimum absolute atomic E-state index is 0.122. The van der Waals surface area contributed by atoms with Crippen LogP contribution in [0.3, 0.4) is 0 Å². The van der Waals surface area contributed by atoms with Crippen molar-refractivity contribution in [2.45, 2.75) is 31.0 Å². The lowest BCUT2D eigenvalue weighted by Crippen LogP contribution is -2.44. The largest absolute Gasteiger partial charge is 0.480 e. The number of alkyl halides is 3. The Morgan fingerprint density at radius 1 is 1.27 bits per heavy atom. The molecule has 1 aromatic rings. The number of carbonyl (C=O) groups is 1. The minimum atomic E-state index is -5.07. The normalized spacial score (nSPS) is 14.1. The zero-order valence-electron chi connectivity index (χ0n) is 11.5. The standard InChI is InChI=1S/C12H13F4NO4S/c1-6(2)10(11(18)19)17-22(20,21)7-3-4-9(13)8(5-7)12(14,15)16/h3-6,10,17H,1-2H3,(H,18,19). The second kappa shape index (κ2) is 6.21. The van der Waals surface area contributed by atoms with Gasteiger partial charge in [0.25, 0.3) is 0 Å². The van der Waals surface area contributed by atoms with E-state index in [4.69, 9.17) is 5.11 Å². The number of carboxylic acid groups (broad SMARTS) is 1. The van der Waals surface area contributed by atoms with Gasteiger partial charge in [-0.2, -0.15) is 17.9 Å². The van der Waals surface area contributed by atoms with Gasteiger partial charge in [-0.1, -0.05) is 13.8 Å². The topological polar surface area (TPSA) is 83.5 Å². The van der Waals surface area contributed by atoms with Gasteiger partial charge in [-0.3, -0.25) is 4.79 Å². The number of benzene rings is 1. The molecule has 0 radical (unpaired) electrons. The van der Waals surface area contributed by atoms with E-state index in [1.54, 1.807) is 4.72 Å². The Bertz CT molecular complexity index is 670. The lowest BCUT2D eigenvalue weighted by molar-refractivity contribution is -0.141. The molecule has 1 aromatic carbocycles. The number of hydrogen-bond acceptors (Lipinski definition) is 3. The maximum absolute atomic E-state index is 13.1. The molecule has 124 valence electrons. The van der Waals surface area contributed by atoms with Crippen molar-refractivity contribution in [1.29, 1.82) is 0 Å². The highest BCUT2D eigenvalue weighted by molar-refractivity contribution is 7.89. The number of carboxylic acids is 1. The predicted molar refractivity (Wildman–Crippen MR) is 68.0 cm³/mol. The summed E-state index contributed by atoms with van der Waals surface area (Å²) in [6.07, 6.45) is -5.07. The molecular formula is C12H13F4NO4S. The molecule has 0 aliphatic rings. The van der Waals surface area contributed by atoms with Crippen LogP contribution in [0.25, 0.3) is 0 Å². The second-order valence-electron chi connectivity index (χ2n) is 4.82. The van der Waals surface area contributed by atoms with Crippen molar-refractivity contribution in [3.8, 4) is 0 Å². The molecule has 5 nitrogen and oxygen atoms in total. The van der Waals surface area contributed by atoms with Crippen molar-refractivity contribution >= 4 is 16.0 Å². The molecule has 10 heteroatoms. The Morgan fingerprint density at radius 3 is 2.23 bits per heavy atom. The summed E-state index contributed by atoms with van der Waals surface area (Å²) >= 11 is 0. The second-order valence-corrected chi connectivity index (χ2v) is 6.53. The fourth-order valence-electron chi connectivity index (χ4n) is 1.60. The van der Waals surface area contributed by atoms with Gasteiger partial charge in [0.15, 0.2) is 0 Å². The number of aliphatic carboxylic acids is 1. The molecule has 0 saturated heterocycles. The van der Waals surface area contributed by atoms with Crippen molar-refractivity contribution in [2.75, 3.05) is 0 Å². The summed E-state index contributed by atoms with van der Waals surface area (Å²) in [7, 11) is -4.55. The number of sulfonamides is 1. The first-order valence-corrected chi connectivity index (χ1v) is 7.46. The number of nitrogens with one attached hydrogen (secondary N) is 1. The van der Waals surface area contributed by atoms with Gasteiger partial charge in [0.05, 0.1) is 10.5 Å². The Hall–Kier alpha value is -1.68. The number of hydrogen-bond donors (Lipinski definition) is 2. The Kier molecular flexibility index (Phi) is 5.18. The van der Waals surface area contributed by atoms with Crippen molar-refractivity contribution in [1.82, 2.24) is 4.72 Å². The van der Waals surface area contributed by atoms with Gasteiger partial charge in [0.1, 0.15) is 11.9 Å². The zero-order valence-corrected chi connectivity index (χ0v) is 12.3. The van der Waals surface area contributed by atoms with Gasteiger partial charge in [-0.15, -0.1) is 0 Å². The monoisotopic (exact) mass is 343 g/mol. The maximum Gasteiger partial charge on any atom is 0.419 e. The first-order chi connectivity index (χ1) is 9.86. The molecular weight excluding hydrogens is 330 g/mol. The SMILES string of the molecule is CC(C)C(NS(=O)(=O)c1ccc(F)c(C(F)(F)F)c1)C(=O)O. The van der Waals surface area contributed by atoms with Crippen LogP contribution in [0.4, 0.5) is 17.6 Å². The van der Waals surface area contributed by atoms with E-state index in [0.29, 0.717) is 12.1 Å². The van der Waals surface area contributed by atoms with Crippen molar-refractivity contribution < 1.29 is 35.9 Å². The van der Waals surface area contributed by atoms with Gasteiger partial charge in [-0.05, 0) is 24.1 Å². The van der Waals surface area contributed by atoms with E-state index in [-0.39, 0.29) is 6.07 Å². The van der Waals surface area contributed by atoms with Gasteiger partial charge < -0.3 is 5.11 Å². The molecule has 0 spiro atoms. The summed E-state index contributed by atoms with van der Waals surface area (Å²) in [5.74, 6) is -3.74. The van der Waals surface area contributed by atoms with Crippen LogP contribution in [0.15, 0.2) is 23.1 Å². The molecule has 0 amide bonds. The lowest BCUT2D eigenvalue weighted by Gasteiger charge is -2.18. The average molecular weight is 343 g/mol. The van der Waals surface area contributed by atoms with Crippen LogP contribution in [0.5, 0.6) is 0 Å². The quantitative estimate of drug-likeness (QED) is 0.803. The average Bonchev–Trinajstić information content (AvgIpc) is 2.34. The number of halogens is 4. The molecule has 0 bridgehead atoms. The Morgan fingerprint density at radius 2 is 1.82 bits per heavy atom. The van der Waals surface area contributed by atoms with E-state index in [2.05, 4.69) is 0 Å². The van der Waals surface area contributed by atoms with Crippen LogP contribution in [0.1, 0.15) is 19.4 Å². The van der Waals surface area contributed by atoms with Gasteiger partial charge in [0.2, 0.25) is 10.0 Å². The van der Waals surface area contributed by atoms with Gasteiger partial charge in [-0.25, -0.2) is 12.8 Å². The van der Waals surface area contributed by atoms with Crippen LogP contribution in [-0.2, 0) is 21.0 Å². The Labute approximate surface area is 124 Å². The molecule has 1 atom stereocenters. The highest BCUT2D eigenvalue weighted by atomic mass is 32.2. The van der Waals surface area contributed by atoms with Gasteiger partial charge in [0, 0.05) is 0 Å². The highest BCUT2D eigenvalue weighted by Gasteiger charge is 2.36. The first kappa shape index (κ1) is 18.4. The van der Waals surface area contributed by atoms with E-state index >= 15 is 0 Å². The van der Waals surface area contributed by atoms with Crippen LogP contribution in [-0.4, -0.2) is 25.5 Å². The van der Waals surface area contributed by atoms with Crippen molar-refractivity contribution in [3.63, 3.8) is 0 Å². The van der Waals surface area contributed by atoms with E-state index in [1.165, 1.54) is 13.8 Å². The molecule has 0 saturated carbocycles. The maximum atomic E-state index is 13.1. The zero-order chi connectivity index (χ0) is 17.3. The third-order valence-corrected chi connectivity index (χ3v) is 4.21. The molecule has 0 fully saturated rings. The smallest absolute Gasteiger partial charge is 0.419 e. The van der Waals surface area contributed by atoms with E-state index in [0.717, 1.165) is 0 Å². The lowest BCUT2D eigenvalue weighted by atomic mass is 10.1. The molecule has 22 heavy (non-hydrogen) atoms. The molecule has 2 N–H and O–H groups in total. The predicted octanol–water partition coefficient (Wildman–Crippen LogP) is 2.23. The summed E-state index contributed by atoms with van der Waals surface area (Å²) in [4.78, 5) is 10.1. The molecule has 0 heterocycles. The molecule has 1 rings (SSSR count). The number of rotatable bonds is 5.